The fourth-order valence-electron chi connectivity index (χ4n) is 2.66. The highest BCUT2D eigenvalue weighted by Gasteiger charge is 2.18. The minimum absolute atomic E-state index is 0.0951. The standard InChI is InChI=1S/C18H19NO4S2/c1-12-9-15(10-13(2)18(12)22-3)25(20,21)19-11-14-6-7-16(23-14)17-5-4-8-24-17/h4-10,19H,11H2,1-3H3. The van der Waals surface area contributed by atoms with Gasteiger partial charge in [-0.05, 0) is 60.7 Å². The Morgan fingerprint density at radius 3 is 2.48 bits per heavy atom. The molecule has 0 amide bonds. The first-order valence-corrected chi connectivity index (χ1v) is 10.0. The molecule has 0 aliphatic carbocycles. The van der Waals surface area contributed by atoms with E-state index in [0.29, 0.717) is 11.5 Å². The molecular weight excluding hydrogens is 358 g/mol. The summed E-state index contributed by atoms with van der Waals surface area (Å²) in [5.41, 5.74) is 1.56. The number of hydrogen-bond acceptors (Lipinski definition) is 5. The van der Waals surface area contributed by atoms with Crippen LogP contribution in [0.3, 0.4) is 0 Å². The van der Waals surface area contributed by atoms with Crippen molar-refractivity contribution in [3.8, 4) is 16.4 Å². The quantitative estimate of drug-likeness (QED) is 0.702. The van der Waals surface area contributed by atoms with Gasteiger partial charge in [0.25, 0.3) is 0 Å². The highest BCUT2D eigenvalue weighted by atomic mass is 32.2. The Morgan fingerprint density at radius 2 is 1.88 bits per heavy atom. The van der Waals surface area contributed by atoms with Crippen LogP contribution < -0.4 is 9.46 Å². The number of sulfonamides is 1. The van der Waals surface area contributed by atoms with E-state index in [0.717, 1.165) is 21.8 Å². The zero-order chi connectivity index (χ0) is 18.0. The molecule has 2 aromatic heterocycles. The number of rotatable bonds is 6. The third-order valence-corrected chi connectivity index (χ3v) is 6.08. The monoisotopic (exact) mass is 377 g/mol. The molecule has 0 saturated heterocycles. The zero-order valence-corrected chi connectivity index (χ0v) is 15.8. The lowest BCUT2D eigenvalue weighted by molar-refractivity contribution is 0.408. The summed E-state index contributed by atoms with van der Waals surface area (Å²) in [7, 11) is -2.06. The van der Waals surface area contributed by atoms with Crippen LogP contribution in [0.2, 0.25) is 0 Å². The van der Waals surface area contributed by atoms with Gasteiger partial charge in [-0.2, -0.15) is 0 Å². The van der Waals surface area contributed by atoms with E-state index in [9.17, 15) is 8.42 Å². The van der Waals surface area contributed by atoms with Crippen LogP contribution in [-0.2, 0) is 16.6 Å². The largest absolute Gasteiger partial charge is 0.496 e. The van der Waals surface area contributed by atoms with E-state index >= 15 is 0 Å². The Kier molecular flexibility index (Phi) is 4.99. The molecule has 0 aliphatic rings. The van der Waals surface area contributed by atoms with E-state index in [2.05, 4.69) is 4.72 Å². The van der Waals surface area contributed by atoms with Gasteiger partial charge >= 0.3 is 0 Å². The second-order valence-electron chi connectivity index (χ2n) is 5.66. The molecular formula is C18H19NO4S2. The number of hydrogen-bond donors (Lipinski definition) is 1. The number of benzene rings is 1. The molecule has 0 unspecified atom stereocenters. The summed E-state index contributed by atoms with van der Waals surface area (Å²) in [6, 6.07) is 10.7. The van der Waals surface area contributed by atoms with Crippen LogP contribution in [0.15, 0.2) is 51.1 Å². The van der Waals surface area contributed by atoms with Crippen LogP contribution in [-0.4, -0.2) is 15.5 Å². The van der Waals surface area contributed by atoms with Gasteiger partial charge in [-0.15, -0.1) is 11.3 Å². The predicted molar refractivity (Wildman–Crippen MR) is 98.5 cm³/mol. The summed E-state index contributed by atoms with van der Waals surface area (Å²) >= 11 is 1.57. The Bertz CT molecular complexity index is 949. The highest BCUT2D eigenvalue weighted by molar-refractivity contribution is 7.89. The van der Waals surface area contributed by atoms with Crippen molar-refractivity contribution >= 4 is 21.4 Å². The second kappa shape index (κ2) is 7.03. The maximum atomic E-state index is 12.6. The Labute approximate surface area is 151 Å². The average molecular weight is 377 g/mol. The summed E-state index contributed by atoms with van der Waals surface area (Å²) < 4.78 is 38.7. The Balaban J connectivity index is 1.76. The number of aryl methyl sites for hydroxylation is 2. The summed E-state index contributed by atoms with van der Waals surface area (Å²) in [5.74, 6) is 2.00. The third kappa shape index (κ3) is 3.78. The molecule has 25 heavy (non-hydrogen) atoms. The van der Waals surface area contributed by atoms with Gasteiger partial charge in [0.15, 0.2) is 0 Å². The molecule has 5 nitrogen and oxygen atoms in total. The molecule has 0 spiro atoms. The summed E-state index contributed by atoms with van der Waals surface area (Å²) in [6.07, 6.45) is 0. The van der Waals surface area contributed by atoms with Crippen molar-refractivity contribution in [3.63, 3.8) is 0 Å². The molecule has 132 valence electrons. The Morgan fingerprint density at radius 1 is 1.16 bits per heavy atom. The normalized spacial score (nSPS) is 11.6. The maximum absolute atomic E-state index is 12.6. The van der Waals surface area contributed by atoms with E-state index in [-0.39, 0.29) is 11.4 Å². The van der Waals surface area contributed by atoms with Crippen LogP contribution in [0, 0.1) is 13.8 Å². The zero-order valence-electron chi connectivity index (χ0n) is 14.2. The lowest BCUT2D eigenvalue weighted by Crippen LogP contribution is -2.23. The smallest absolute Gasteiger partial charge is 0.240 e. The first kappa shape index (κ1) is 17.7. The minimum atomic E-state index is -3.64. The SMILES string of the molecule is COc1c(C)cc(S(=O)(=O)NCc2ccc(-c3cccs3)o2)cc1C. The molecule has 2 heterocycles. The van der Waals surface area contributed by atoms with Crippen molar-refractivity contribution in [2.45, 2.75) is 25.3 Å². The second-order valence-corrected chi connectivity index (χ2v) is 8.37. The van der Waals surface area contributed by atoms with Gasteiger partial charge in [0.1, 0.15) is 17.3 Å². The van der Waals surface area contributed by atoms with Crippen molar-refractivity contribution in [2.75, 3.05) is 7.11 Å². The molecule has 0 atom stereocenters. The minimum Gasteiger partial charge on any atom is -0.496 e. The highest BCUT2D eigenvalue weighted by Crippen LogP contribution is 2.28. The van der Waals surface area contributed by atoms with Gasteiger partial charge in [0, 0.05) is 0 Å². The van der Waals surface area contributed by atoms with Crippen molar-refractivity contribution in [2.24, 2.45) is 0 Å². The molecule has 0 saturated carbocycles. The van der Waals surface area contributed by atoms with Crippen LogP contribution in [0.4, 0.5) is 0 Å². The average Bonchev–Trinajstić information content (AvgIpc) is 3.24. The lowest BCUT2D eigenvalue weighted by Gasteiger charge is -2.12. The molecule has 1 aromatic carbocycles. The predicted octanol–water partition coefficient (Wildman–Crippen LogP) is 4.11. The van der Waals surface area contributed by atoms with Gasteiger partial charge in [-0.1, -0.05) is 6.07 Å². The summed E-state index contributed by atoms with van der Waals surface area (Å²) in [4.78, 5) is 1.23. The molecule has 0 fully saturated rings. The van der Waals surface area contributed by atoms with E-state index in [1.165, 1.54) is 0 Å². The summed E-state index contributed by atoms with van der Waals surface area (Å²) in [6.45, 7) is 3.74. The van der Waals surface area contributed by atoms with Gasteiger partial charge in [0.2, 0.25) is 10.0 Å². The van der Waals surface area contributed by atoms with E-state index in [1.54, 1.807) is 36.6 Å². The molecule has 3 aromatic rings. The van der Waals surface area contributed by atoms with Gasteiger partial charge in [0.05, 0.1) is 23.4 Å². The van der Waals surface area contributed by atoms with Crippen molar-refractivity contribution in [3.05, 3.63) is 58.7 Å². The number of furan rings is 1. The van der Waals surface area contributed by atoms with Crippen molar-refractivity contribution in [1.29, 1.82) is 0 Å². The Hall–Kier alpha value is -2.09. The fraction of sp³-hybridized carbons (Fsp3) is 0.222. The van der Waals surface area contributed by atoms with Crippen molar-refractivity contribution in [1.82, 2.24) is 4.72 Å². The number of methoxy groups -OCH3 is 1. The summed E-state index contributed by atoms with van der Waals surface area (Å²) in [5, 5.41) is 1.97. The van der Waals surface area contributed by atoms with Crippen LogP contribution >= 0.6 is 11.3 Å². The molecule has 1 N–H and O–H groups in total. The van der Waals surface area contributed by atoms with E-state index in [4.69, 9.17) is 9.15 Å². The lowest BCUT2D eigenvalue weighted by atomic mass is 10.1. The van der Waals surface area contributed by atoms with Gasteiger partial charge < -0.3 is 9.15 Å². The van der Waals surface area contributed by atoms with Crippen LogP contribution in [0.5, 0.6) is 5.75 Å². The molecule has 0 bridgehead atoms. The fourth-order valence-corrected chi connectivity index (χ4v) is 4.51. The van der Waals surface area contributed by atoms with Crippen LogP contribution in [0.1, 0.15) is 16.9 Å². The number of ether oxygens (including phenoxy) is 1. The van der Waals surface area contributed by atoms with E-state index in [1.807, 2.05) is 37.4 Å². The first-order valence-electron chi connectivity index (χ1n) is 7.68. The maximum Gasteiger partial charge on any atom is 0.240 e. The topological polar surface area (TPSA) is 68.5 Å². The molecule has 0 aliphatic heterocycles. The number of thiophene rings is 1. The third-order valence-electron chi connectivity index (χ3n) is 3.81. The molecule has 0 radical (unpaired) electrons. The molecule has 7 heteroatoms. The first-order chi connectivity index (χ1) is 11.9. The van der Waals surface area contributed by atoms with Gasteiger partial charge in [-0.3, -0.25) is 0 Å². The van der Waals surface area contributed by atoms with E-state index < -0.39 is 10.0 Å². The van der Waals surface area contributed by atoms with Crippen LogP contribution in [0.25, 0.3) is 10.6 Å². The van der Waals surface area contributed by atoms with Crippen molar-refractivity contribution < 1.29 is 17.6 Å². The molecule has 3 rings (SSSR count). The van der Waals surface area contributed by atoms with Gasteiger partial charge in [-0.25, -0.2) is 13.1 Å². The number of nitrogens with one attached hydrogen (secondary N) is 1.